The predicted molar refractivity (Wildman–Crippen MR) is 114 cm³/mol. The minimum atomic E-state index is 0.00409. The number of likely N-dealkylation sites (tertiary alicyclic amines) is 1. The van der Waals surface area contributed by atoms with Gasteiger partial charge >= 0.3 is 0 Å². The Morgan fingerprint density at radius 3 is 2.97 bits per heavy atom. The number of hydrogen-bond acceptors (Lipinski definition) is 5. The summed E-state index contributed by atoms with van der Waals surface area (Å²) < 4.78 is 0. The van der Waals surface area contributed by atoms with Gasteiger partial charge in [-0.1, -0.05) is 24.3 Å². The van der Waals surface area contributed by atoms with E-state index in [1.165, 1.54) is 0 Å². The van der Waals surface area contributed by atoms with Crippen molar-refractivity contribution in [2.75, 3.05) is 13.1 Å². The summed E-state index contributed by atoms with van der Waals surface area (Å²) in [5.74, 6) is 1.10. The first-order chi connectivity index (χ1) is 14.8. The Balaban J connectivity index is 1.30. The Kier molecular flexibility index (Phi) is 4.93. The van der Waals surface area contributed by atoms with Gasteiger partial charge in [-0.15, -0.1) is 0 Å². The van der Waals surface area contributed by atoms with E-state index in [0.717, 1.165) is 53.9 Å². The van der Waals surface area contributed by atoms with Crippen LogP contribution in [0.2, 0.25) is 0 Å². The lowest BCUT2D eigenvalue weighted by atomic mass is 9.93. The van der Waals surface area contributed by atoms with E-state index >= 15 is 0 Å². The van der Waals surface area contributed by atoms with Gasteiger partial charge in [-0.05, 0) is 43.4 Å². The maximum absolute atomic E-state index is 13.1. The van der Waals surface area contributed by atoms with E-state index in [0.29, 0.717) is 18.2 Å². The minimum Gasteiger partial charge on any atom is -0.343 e. The average Bonchev–Trinajstić information content (AvgIpc) is 3.34. The van der Waals surface area contributed by atoms with Crippen molar-refractivity contribution in [1.29, 1.82) is 0 Å². The summed E-state index contributed by atoms with van der Waals surface area (Å²) in [4.78, 5) is 35.7. The van der Waals surface area contributed by atoms with Crippen molar-refractivity contribution in [2.45, 2.75) is 19.3 Å². The van der Waals surface area contributed by atoms with Crippen molar-refractivity contribution >= 4 is 16.8 Å². The Labute approximate surface area is 174 Å². The second kappa shape index (κ2) is 8.02. The number of nitrogens with zero attached hydrogens (tertiary/aromatic N) is 5. The molecule has 0 bridgehead atoms. The molecule has 1 N–H and O–H groups in total. The lowest BCUT2D eigenvalue weighted by Crippen LogP contribution is -2.40. The molecule has 0 spiro atoms. The number of fused-ring (bicyclic) bond motifs is 1. The molecule has 7 nitrogen and oxygen atoms in total. The normalized spacial score (nSPS) is 16.7. The summed E-state index contributed by atoms with van der Waals surface area (Å²) in [5, 5.41) is 1.04. The molecule has 1 aliphatic heterocycles. The summed E-state index contributed by atoms with van der Waals surface area (Å²) in [6.07, 6.45) is 7.95. The van der Waals surface area contributed by atoms with Gasteiger partial charge in [0.15, 0.2) is 5.82 Å². The number of para-hydroxylation sites is 1. The summed E-state index contributed by atoms with van der Waals surface area (Å²) in [6.45, 7) is 1.48. The quantitative estimate of drug-likeness (QED) is 0.568. The average molecular weight is 398 g/mol. The van der Waals surface area contributed by atoms with E-state index in [4.69, 9.17) is 0 Å². The molecule has 5 rings (SSSR count). The fraction of sp³-hybridized carbons (Fsp3) is 0.261. The Morgan fingerprint density at radius 2 is 2.07 bits per heavy atom. The van der Waals surface area contributed by atoms with Crippen LogP contribution in [-0.4, -0.2) is 48.8 Å². The number of amides is 1. The molecule has 0 aliphatic carbocycles. The number of aromatic amines is 1. The predicted octanol–water partition coefficient (Wildman–Crippen LogP) is 3.51. The maximum atomic E-state index is 13.1. The molecule has 4 aromatic rings. The molecular weight excluding hydrogens is 376 g/mol. The Bertz CT molecular complexity index is 1170. The highest BCUT2D eigenvalue weighted by Gasteiger charge is 2.26. The van der Waals surface area contributed by atoms with Gasteiger partial charge < -0.3 is 9.88 Å². The highest BCUT2D eigenvalue weighted by molar-refractivity contribution is 5.95. The lowest BCUT2D eigenvalue weighted by Gasteiger charge is -2.32. The largest absolute Gasteiger partial charge is 0.343 e. The standard InChI is InChI=1S/C23H22N6O/c30-23(20-8-7-17-5-1-2-6-19(17)28-20)29-11-3-4-16(14-29)12-18-13-21(27-15-26-18)22-24-9-10-25-22/h1-2,5-10,13,15-16H,3-4,11-12,14H2,(H,24,25). The van der Waals surface area contributed by atoms with Crippen molar-refractivity contribution in [3.8, 4) is 11.5 Å². The number of piperidine rings is 1. The lowest BCUT2D eigenvalue weighted by molar-refractivity contribution is 0.0667. The molecule has 4 heterocycles. The van der Waals surface area contributed by atoms with E-state index < -0.39 is 0 Å². The van der Waals surface area contributed by atoms with Crippen LogP contribution >= 0.6 is 0 Å². The molecule has 1 fully saturated rings. The van der Waals surface area contributed by atoms with Gasteiger partial charge in [-0.2, -0.15) is 0 Å². The van der Waals surface area contributed by atoms with E-state index in [1.54, 1.807) is 18.7 Å². The van der Waals surface area contributed by atoms with Crippen LogP contribution in [0.3, 0.4) is 0 Å². The van der Waals surface area contributed by atoms with Crippen LogP contribution in [0.1, 0.15) is 29.0 Å². The van der Waals surface area contributed by atoms with Gasteiger partial charge in [-0.3, -0.25) is 4.79 Å². The van der Waals surface area contributed by atoms with Crippen molar-refractivity contribution in [3.05, 3.63) is 72.6 Å². The Hall–Kier alpha value is -3.61. The van der Waals surface area contributed by atoms with Gasteiger partial charge in [-0.25, -0.2) is 19.9 Å². The summed E-state index contributed by atoms with van der Waals surface area (Å²) in [7, 11) is 0. The maximum Gasteiger partial charge on any atom is 0.272 e. The second-order valence-electron chi connectivity index (χ2n) is 7.69. The molecule has 30 heavy (non-hydrogen) atoms. The molecule has 0 saturated carbocycles. The van der Waals surface area contributed by atoms with Crippen molar-refractivity contribution < 1.29 is 4.79 Å². The zero-order valence-electron chi connectivity index (χ0n) is 16.5. The summed E-state index contributed by atoms with van der Waals surface area (Å²) in [6, 6.07) is 13.6. The van der Waals surface area contributed by atoms with E-state index in [9.17, 15) is 4.79 Å². The van der Waals surface area contributed by atoms with Crippen molar-refractivity contribution in [3.63, 3.8) is 0 Å². The zero-order chi connectivity index (χ0) is 20.3. The number of aromatic nitrogens is 5. The highest BCUT2D eigenvalue weighted by atomic mass is 16.2. The number of imidazole rings is 1. The van der Waals surface area contributed by atoms with E-state index in [-0.39, 0.29) is 5.91 Å². The van der Waals surface area contributed by atoms with Gasteiger partial charge in [0, 0.05) is 36.6 Å². The monoisotopic (exact) mass is 398 g/mol. The van der Waals surface area contributed by atoms with Crippen LogP contribution in [-0.2, 0) is 6.42 Å². The fourth-order valence-electron chi connectivity index (χ4n) is 4.10. The molecule has 3 aromatic heterocycles. The molecule has 1 amide bonds. The van der Waals surface area contributed by atoms with Crippen LogP contribution in [0, 0.1) is 5.92 Å². The molecule has 1 aromatic carbocycles. The third kappa shape index (κ3) is 3.78. The summed E-state index contributed by atoms with van der Waals surface area (Å²) in [5.41, 5.74) is 3.12. The molecule has 0 radical (unpaired) electrons. The van der Waals surface area contributed by atoms with Crippen LogP contribution in [0.25, 0.3) is 22.4 Å². The van der Waals surface area contributed by atoms with Crippen molar-refractivity contribution in [2.24, 2.45) is 5.92 Å². The first-order valence-electron chi connectivity index (χ1n) is 10.2. The number of nitrogens with one attached hydrogen (secondary N) is 1. The van der Waals surface area contributed by atoms with E-state index in [1.807, 2.05) is 47.4 Å². The number of benzene rings is 1. The molecular formula is C23H22N6O. The zero-order valence-corrected chi connectivity index (χ0v) is 16.5. The van der Waals surface area contributed by atoms with Crippen LogP contribution in [0.15, 0.2) is 61.2 Å². The van der Waals surface area contributed by atoms with Crippen LogP contribution in [0.5, 0.6) is 0 Å². The molecule has 1 aliphatic rings. The number of carbonyl (C=O) groups excluding carboxylic acids is 1. The number of carbonyl (C=O) groups is 1. The Morgan fingerprint density at radius 1 is 1.13 bits per heavy atom. The minimum absolute atomic E-state index is 0.00409. The van der Waals surface area contributed by atoms with Gasteiger partial charge in [0.05, 0.1) is 5.52 Å². The van der Waals surface area contributed by atoms with Crippen LogP contribution < -0.4 is 0 Å². The number of pyridine rings is 1. The van der Waals surface area contributed by atoms with Gasteiger partial charge in [0.1, 0.15) is 17.7 Å². The molecule has 7 heteroatoms. The van der Waals surface area contributed by atoms with Crippen LogP contribution in [0.4, 0.5) is 0 Å². The molecule has 1 atom stereocenters. The number of hydrogen-bond donors (Lipinski definition) is 1. The van der Waals surface area contributed by atoms with Gasteiger partial charge in [0.25, 0.3) is 5.91 Å². The highest BCUT2D eigenvalue weighted by Crippen LogP contribution is 2.23. The number of H-pyrrole nitrogens is 1. The smallest absolute Gasteiger partial charge is 0.272 e. The first kappa shape index (κ1) is 18.4. The molecule has 1 unspecified atom stereocenters. The van der Waals surface area contributed by atoms with Crippen molar-refractivity contribution in [1.82, 2.24) is 29.8 Å². The molecule has 1 saturated heterocycles. The first-order valence-corrected chi connectivity index (χ1v) is 10.2. The fourth-order valence-corrected chi connectivity index (χ4v) is 4.10. The topological polar surface area (TPSA) is 87.7 Å². The second-order valence-corrected chi connectivity index (χ2v) is 7.69. The molecule has 150 valence electrons. The van der Waals surface area contributed by atoms with Gasteiger partial charge in [0.2, 0.25) is 0 Å². The number of rotatable bonds is 4. The third-order valence-electron chi connectivity index (χ3n) is 5.59. The summed E-state index contributed by atoms with van der Waals surface area (Å²) >= 11 is 0. The third-order valence-corrected chi connectivity index (χ3v) is 5.59. The van der Waals surface area contributed by atoms with E-state index in [2.05, 4.69) is 24.9 Å². The SMILES string of the molecule is O=C(c1ccc2ccccc2n1)N1CCCC(Cc2cc(-c3ncc[nH]3)ncn2)C1.